The predicted molar refractivity (Wildman–Crippen MR) is 103 cm³/mol. The van der Waals surface area contributed by atoms with Crippen LogP contribution in [0.1, 0.15) is 46.5 Å². The Morgan fingerprint density at radius 1 is 1.24 bits per heavy atom. The fraction of sp³-hybridized carbons (Fsp3) is 0.650. The first kappa shape index (κ1) is 19.6. The molecule has 1 fully saturated rings. The van der Waals surface area contributed by atoms with Gasteiger partial charge in [-0.3, -0.25) is 0 Å². The standard InChI is InChI=1S/C20H33N3O2/c1-4-5-14-25-19-8-6-18(7-9-19)22-20(24)21-15-17-10-12-23(13-11-17)16(2)3/h6-9,16-17H,4-5,10-15H2,1-3H3,(H2,21,22,24). The van der Waals surface area contributed by atoms with Gasteiger partial charge in [-0.15, -0.1) is 0 Å². The summed E-state index contributed by atoms with van der Waals surface area (Å²) in [6.07, 6.45) is 4.49. The van der Waals surface area contributed by atoms with Gasteiger partial charge in [0.25, 0.3) is 0 Å². The molecule has 0 saturated carbocycles. The van der Waals surface area contributed by atoms with Crippen LogP contribution in [0.3, 0.4) is 0 Å². The number of nitrogens with zero attached hydrogens (tertiary/aromatic N) is 1. The van der Waals surface area contributed by atoms with Crippen LogP contribution in [0.25, 0.3) is 0 Å². The molecule has 140 valence electrons. The van der Waals surface area contributed by atoms with E-state index >= 15 is 0 Å². The van der Waals surface area contributed by atoms with Gasteiger partial charge in [0.1, 0.15) is 5.75 Å². The third-order valence-corrected chi connectivity index (χ3v) is 4.81. The van der Waals surface area contributed by atoms with E-state index in [-0.39, 0.29) is 6.03 Å². The second-order valence-electron chi connectivity index (χ2n) is 7.13. The summed E-state index contributed by atoms with van der Waals surface area (Å²) >= 11 is 0. The van der Waals surface area contributed by atoms with Crippen molar-refractivity contribution < 1.29 is 9.53 Å². The molecule has 1 aromatic carbocycles. The van der Waals surface area contributed by atoms with Crippen LogP contribution in [0.4, 0.5) is 10.5 Å². The lowest BCUT2D eigenvalue weighted by Gasteiger charge is -2.34. The van der Waals surface area contributed by atoms with E-state index in [9.17, 15) is 4.79 Å². The number of ether oxygens (including phenoxy) is 1. The Balaban J connectivity index is 1.66. The number of amides is 2. The minimum atomic E-state index is -0.133. The normalized spacial score (nSPS) is 16.0. The highest BCUT2D eigenvalue weighted by molar-refractivity contribution is 5.89. The van der Waals surface area contributed by atoms with Crippen LogP contribution in [0.2, 0.25) is 0 Å². The first-order valence-corrected chi connectivity index (χ1v) is 9.60. The summed E-state index contributed by atoms with van der Waals surface area (Å²) in [6.45, 7) is 10.4. The zero-order valence-corrected chi connectivity index (χ0v) is 15.9. The van der Waals surface area contributed by atoms with Gasteiger partial charge in [-0.2, -0.15) is 0 Å². The highest BCUT2D eigenvalue weighted by Gasteiger charge is 2.21. The number of urea groups is 1. The van der Waals surface area contributed by atoms with Crippen molar-refractivity contribution in [3.8, 4) is 5.75 Å². The van der Waals surface area contributed by atoms with E-state index in [1.807, 2.05) is 24.3 Å². The molecule has 2 N–H and O–H groups in total. The number of nitrogens with one attached hydrogen (secondary N) is 2. The lowest BCUT2D eigenvalue weighted by molar-refractivity contribution is 0.149. The maximum Gasteiger partial charge on any atom is 0.319 e. The molecule has 0 spiro atoms. The average Bonchev–Trinajstić information content (AvgIpc) is 2.62. The molecular formula is C20H33N3O2. The van der Waals surface area contributed by atoms with Crippen molar-refractivity contribution in [1.82, 2.24) is 10.2 Å². The van der Waals surface area contributed by atoms with Gasteiger partial charge < -0.3 is 20.3 Å². The maximum atomic E-state index is 12.1. The van der Waals surface area contributed by atoms with Crippen molar-refractivity contribution in [3.63, 3.8) is 0 Å². The maximum absolute atomic E-state index is 12.1. The van der Waals surface area contributed by atoms with Crippen LogP contribution >= 0.6 is 0 Å². The van der Waals surface area contributed by atoms with Crippen LogP contribution in [-0.2, 0) is 0 Å². The Hall–Kier alpha value is -1.75. The zero-order valence-electron chi connectivity index (χ0n) is 15.9. The molecule has 2 rings (SSSR count). The van der Waals surface area contributed by atoms with Gasteiger partial charge in [0, 0.05) is 18.3 Å². The number of hydrogen-bond donors (Lipinski definition) is 2. The van der Waals surface area contributed by atoms with Gasteiger partial charge in [0.05, 0.1) is 6.61 Å². The number of carbonyl (C=O) groups excluding carboxylic acids is 1. The molecule has 5 heteroatoms. The summed E-state index contributed by atoms with van der Waals surface area (Å²) in [5.74, 6) is 1.42. The third kappa shape index (κ3) is 6.94. The highest BCUT2D eigenvalue weighted by atomic mass is 16.5. The van der Waals surface area contributed by atoms with Gasteiger partial charge >= 0.3 is 6.03 Å². The van der Waals surface area contributed by atoms with Gasteiger partial charge in [-0.05, 0) is 76.4 Å². The topological polar surface area (TPSA) is 53.6 Å². The van der Waals surface area contributed by atoms with Crippen LogP contribution in [0.15, 0.2) is 24.3 Å². The van der Waals surface area contributed by atoms with Gasteiger partial charge in [0.2, 0.25) is 0 Å². The number of likely N-dealkylation sites (tertiary alicyclic amines) is 1. The van der Waals surface area contributed by atoms with Gasteiger partial charge in [-0.1, -0.05) is 13.3 Å². The first-order chi connectivity index (χ1) is 12.1. The summed E-state index contributed by atoms with van der Waals surface area (Å²) < 4.78 is 5.63. The van der Waals surface area contributed by atoms with E-state index in [4.69, 9.17) is 4.74 Å². The van der Waals surface area contributed by atoms with Crippen molar-refractivity contribution in [1.29, 1.82) is 0 Å². The van der Waals surface area contributed by atoms with Crippen LogP contribution in [-0.4, -0.2) is 43.2 Å². The molecule has 1 heterocycles. The molecule has 0 radical (unpaired) electrons. The van der Waals surface area contributed by atoms with E-state index in [0.29, 0.717) is 12.0 Å². The number of anilines is 1. The number of unbranched alkanes of at least 4 members (excludes halogenated alkanes) is 1. The summed E-state index contributed by atoms with van der Waals surface area (Å²) in [5, 5.41) is 5.89. The Labute approximate surface area is 152 Å². The van der Waals surface area contributed by atoms with Crippen molar-refractivity contribution in [2.45, 2.75) is 52.5 Å². The number of piperidine rings is 1. The first-order valence-electron chi connectivity index (χ1n) is 9.60. The number of hydrogen-bond acceptors (Lipinski definition) is 3. The van der Waals surface area contributed by atoms with E-state index in [1.165, 1.54) is 0 Å². The number of rotatable bonds is 8. The van der Waals surface area contributed by atoms with Crippen molar-refractivity contribution >= 4 is 11.7 Å². The Morgan fingerprint density at radius 3 is 2.52 bits per heavy atom. The summed E-state index contributed by atoms with van der Waals surface area (Å²) in [4.78, 5) is 14.6. The molecule has 1 saturated heterocycles. The monoisotopic (exact) mass is 347 g/mol. The summed E-state index contributed by atoms with van der Waals surface area (Å²) in [7, 11) is 0. The minimum absolute atomic E-state index is 0.133. The zero-order chi connectivity index (χ0) is 18.1. The lowest BCUT2D eigenvalue weighted by Crippen LogP contribution is -2.42. The minimum Gasteiger partial charge on any atom is -0.494 e. The Morgan fingerprint density at radius 2 is 1.92 bits per heavy atom. The molecule has 1 aliphatic rings. The number of carbonyl (C=O) groups is 1. The molecule has 0 unspecified atom stereocenters. The van der Waals surface area contributed by atoms with E-state index in [0.717, 1.165) is 63.4 Å². The fourth-order valence-corrected chi connectivity index (χ4v) is 3.05. The Bertz CT molecular complexity index is 508. The van der Waals surface area contributed by atoms with Crippen molar-refractivity contribution in [2.75, 3.05) is 31.6 Å². The SMILES string of the molecule is CCCCOc1ccc(NC(=O)NCC2CCN(C(C)C)CC2)cc1. The molecule has 0 aliphatic carbocycles. The molecule has 0 bridgehead atoms. The molecule has 1 aromatic rings. The smallest absolute Gasteiger partial charge is 0.319 e. The van der Waals surface area contributed by atoms with Crippen molar-refractivity contribution in [2.24, 2.45) is 5.92 Å². The van der Waals surface area contributed by atoms with Gasteiger partial charge in [-0.25, -0.2) is 4.79 Å². The summed E-state index contributed by atoms with van der Waals surface area (Å²) in [5.41, 5.74) is 0.787. The molecule has 25 heavy (non-hydrogen) atoms. The average molecular weight is 348 g/mol. The highest BCUT2D eigenvalue weighted by Crippen LogP contribution is 2.18. The van der Waals surface area contributed by atoms with Crippen LogP contribution in [0.5, 0.6) is 5.75 Å². The molecule has 0 atom stereocenters. The second-order valence-corrected chi connectivity index (χ2v) is 7.13. The van der Waals surface area contributed by atoms with E-state index in [2.05, 4.69) is 36.3 Å². The quantitative estimate of drug-likeness (QED) is 0.696. The molecule has 0 aromatic heterocycles. The molecule has 1 aliphatic heterocycles. The van der Waals surface area contributed by atoms with Gasteiger partial charge in [0.15, 0.2) is 0 Å². The van der Waals surface area contributed by atoms with Crippen LogP contribution < -0.4 is 15.4 Å². The molecule has 2 amide bonds. The fourth-order valence-electron chi connectivity index (χ4n) is 3.05. The Kier molecular flexibility index (Phi) is 8.06. The predicted octanol–water partition coefficient (Wildman–Crippen LogP) is 4.11. The third-order valence-electron chi connectivity index (χ3n) is 4.81. The molecular weight excluding hydrogens is 314 g/mol. The van der Waals surface area contributed by atoms with E-state index in [1.54, 1.807) is 0 Å². The van der Waals surface area contributed by atoms with E-state index < -0.39 is 0 Å². The largest absolute Gasteiger partial charge is 0.494 e. The molecule has 5 nitrogen and oxygen atoms in total. The second kappa shape index (κ2) is 10.3. The number of benzene rings is 1. The van der Waals surface area contributed by atoms with Crippen LogP contribution in [0, 0.1) is 5.92 Å². The van der Waals surface area contributed by atoms with Crippen molar-refractivity contribution in [3.05, 3.63) is 24.3 Å². The summed E-state index contributed by atoms with van der Waals surface area (Å²) in [6, 6.07) is 8.03. The lowest BCUT2D eigenvalue weighted by atomic mass is 9.96.